The molecule has 0 aliphatic heterocycles. The number of anilines is 1. The van der Waals surface area contributed by atoms with E-state index in [0.29, 0.717) is 11.7 Å². The molecule has 2 N–H and O–H groups in total. The minimum Gasteiger partial charge on any atom is -0.382 e. The van der Waals surface area contributed by atoms with Crippen LogP contribution >= 0.6 is 0 Å². The minimum atomic E-state index is -4.22. The second-order valence-electron chi connectivity index (χ2n) is 8.72. The largest absolute Gasteiger partial charge is 0.390 e. The number of halogens is 3. The minimum absolute atomic E-state index is 0.164. The van der Waals surface area contributed by atoms with E-state index in [-0.39, 0.29) is 12.5 Å². The van der Waals surface area contributed by atoms with Gasteiger partial charge in [-0.1, -0.05) is 32.4 Å². The molecule has 6 nitrogen and oxygen atoms in total. The molecule has 1 saturated carbocycles. The zero-order valence-electron chi connectivity index (χ0n) is 19.3. The monoisotopic (exact) mass is 470 g/mol. The number of rotatable bonds is 8. The standard InChI is InChI=1S/C25H29F3N6/c1-16(21-14-30-24(33-17(21)2)29-11-10-25(26,27)28)19-9-12-34-23(13-19)22(15-31-34)18(3)32-20-7-5-4-6-8-20/h9,12-15,20,32H,1,3-8,10-11H2,2H3,(H,29,30,33). The summed E-state index contributed by atoms with van der Waals surface area (Å²) in [6, 6.07) is 4.36. The van der Waals surface area contributed by atoms with Gasteiger partial charge in [0.2, 0.25) is 5.95 Å². The second kappa shape index (κ2) is 9.87. The van der Waals surface area contributed by atoms with Crippen molar-refractivity contribution < 1.29 is 13.2 Å². The van der Waals surface area contributed by atoms with Crippen molar-refractivity contribution in [2.75, 3.05) is 11.9 Å². The van der Waals surface area contributed by atoms with Crippen LogP contribution in [0.1, 0.15) is 60.9 Å². The Hall–Kier alpha value is -3.36. The lowest BCUT2D eigenvalue weighted by atomic mass is 9.95. The van der Waals surface area contributed by atoms with Crippen molar-refractivity contribution in [2.45, 2.75) is 57.7 Å². The highest BCUT2D eigenvalue weighted by molar-refractivity contribution is 5.83. The maximum absolute atomic E-state index is 12.4. The third-order valence-electron chi connectivity index (χ3n) is 6.17. The van der Waals surface area contributed by atoms with E-state index in [1.165, 1.54) is 19.3 Å². The number of pyridine rings is 1. The first-order chi connectivity index (χ1) is 16.2. The number of nitrogens with zero attached hydrogens (tertiary/aromatic N) is 4. The van der Waals surface area contributed by atoms with Gasteiger partial charge < -0.3 is 10.6 Å². The molecular weight excluding hydrogens is 441 g/mol. The molecule has 0 bridgehead atoms. The Bertz CT molecular complexity index is 1190. The molecule has 1 aliphatic carbocycles. The summed E-state index contributed by atoms with van der Waals surface area (Å²) in [5.74, 6) is 0.164. The molecule has 0 atom stereocenters. The first-order valence-electron chi connectivity index (χ1n) is 11.5. The fraction of sp³-hybridized carbons (Fsp3) is 0.400. The SMILES string of the molecule is C=C(c1ccn2ncc(C(=C)NC3CCCCC3)c2c1)c1cnc(NCCC(F)(F)F)nc1C. The van der Waals surface area contributed by atoms with Gasteiger partial charge in [-0.15, -0.1) is 0 Å². The Morgan fingerprint density at radius 2 is 1.91 bits per heavy atom. The van der Waals surface area contributed by atoms with Gasteiger partial charge in [0.05, 0.1) is 23.8 Å². The fourth-order valence-corrected chi connectivity index (χ4v) is 4.29. The molecule has 0 radical (unpaired) electrons. The zero-order valence-corrected chi connectivity index (χ0v) is 19.3. The van der Waals surface area contributed by atoms with E-state index in [2.05, 4.69) is 38.9 Å². The maximum Gasteiger partial charge on any atom is 0.390 e. The van der Waals surface area contributed by atoms with Crippen molar-refractivity contribution in [3.8, 4) is 0 Å². The average Bonchev–Trinajstić information content (AvgIpc) is 3.22. The number of hydrogen-bond acceptors (Lipinski definition) is 5. The second-order valence-corrected chi connectivity index (χ2v) is 8.72. The van der Waals surface area contributed by atoms with Gasteiger partial charge in [0.25, 0.3) is 0 Å². The Balaban J connectivity index is 1.51. The van der Waals surface area contributed by atoms with Gasteiger partial charge in [-0.2, -0.15) is 18.3 Å². The first-order valence-corrected chi connectivity index (χ1v) is 11.5. The van der Waals surface area contributed by atoms with Gasteiger partial charge in [0, 0.05) is 41.8 Å². The maximum atomic E-state index is 12.4. The van der Waals surface area contributed by atoms with Gasteiger partial charge in [-0.25, -0.2) is 14.5 Å². The molecule has 0 amide bonds. The Labute approximate surface area is 197 Å². The van der Waals surface area contributed by atoms with Gasteiger partial charge in [-0.05, 0) is 43.0 Å². The van der Waals surface area contributed by atoms with Crippen LogP contribution in [-0.4, -0.2) is 38.3 Å². The highest BCUT2D eigenvalue weighted by Gasteiger charge is 2.26. The Morgan fingerprint density at radius 3 is 2.62 bits per heavy atom. The van der Waals surface area contributed by atoms with Crippen molar-refractivity contribution in [3.05, 3.63) is 66.3 Å². The molecule has 0 saturated heterocycles. The average molecular weight is 471 g/mol. The van der Waals surface area contributed by atoms with Crippen molar-refractivity contribution in [3.63, 3.8) is 0 Å². The van der Waals surface area contributed by atoms with Crippen molar-refractivity contribution in [1.29, 1.82) is 0 Å². The van der Waals surface area contributed by atoms with Crippen LogP contribution in [0.15, 0.2) is 43.9 Å². The predicted molar refractivity (Wildman–Crippen MR) is 128 cm³/mol. The lowest BCUT2D eigenvalue weighted by Gasteiger charge is -2.24. The Morgan fingerprint density at radius 1 is 1.15 bits per heavy atom. The lowest BCUT2D eigenvalue weighted by Crippen LogP contribution is -2.29. The smallest absolute Gasteiger partial charge is 0.382 e. The van der Waals surface area contributed by atoms with E-state index in [4.69, 9.17) is 0 Å². The van der Waals surface area contributed by atoms with Crippen molar-refractivity contribution in [2.24, 2.45) is 0 Å². The van der Waals surface area contributed by atoms with Gasteiger partial charge in [0.15, 0.2) is 0 Å². The van der Waals surface area contributed by atoms with E-state index in [0.717, 1.165) is 46.3 Å². The molecule has 34 heavy (non-hydrogen) atoms. The van der Waals surface area contributed by atoms with Crippen LogP contribution in [0.25, 0.3) is 16.8 Å². The molecule has 0 unspecified atom stereocenters. The molecule has 0 aromatic carbocycles. The summed E-state index contributed by atoms with van der Waals surface area (Å²) in [5.41, 5.74) is 5.67. The summed E-state index contributed by atoms with van der Waals surface area (Å²) in [7, 11) is 0. The molecule has 3 heterocycles. The molecule has 3 aromatic rings. The first kappa shape index (κ1) is 23.8. The predicted octanol–water partition coefficient (Wildman–Crippen LogP) is 5.75. The van der Waals surface area contributed by atoms with Crippen LogP contribution in [0.2, 0.25) is 0 Å². The normalized spacial score (nSPS) is 14.8. The molecule has 180 valence electrons. The Kier molecular flexibility index (Phi) is 6.90. The van der Waals surface area contributed by atoms with E-state index in [1.54, 1.807) is 17.6 Å². The number of nitrogens with one attached hydrogen (secondary N) is 2. The third kappa shape index (κ3) is 5.58. The van der Waals surface area contributed by atoms with E-state index >= 15 is 0 Å². The summed E-state index contributed by atoms with van der Waals surface area (Å²) in [6.45, 7) is 9.99. The van der Waals surface area contributed by atoms with E-state index in [9.17, 15) is 13.2 Å². The number of aryl methyl sites for hydroxylation is 1. The molecule has 0 spiro atoms. The highest BCUT2D eigenvalue weighted by atomic mass is 19.4. The molecular formula is C25H29F3N6. The fourth-order valence-electron chi connectivity index (χ4n) is 4.29. The van der Waals surface area contributed by atoms with Crippen LogP contribution in [0, 0.1) is 6.92 Å². The number of fused-ring (bicyclic) bond motifs is 1. The highest BCUT2D eigenvalue weighted by Crippen LogP contribution is 2.28. The van der Waals surface area contributed by atoms with Crippen LogP contribution in [0.3, 0.4) is 0 Å². The molecule has 3 aromatic heterocycles. The number of aromatic nitrogens is 4. The number of hydrogen-bond donors (Lipinski definition) is 2. The lowest BCUT2D eigenvalue weighted by molar-refractivity contribution is -0.131. The van der Waals surface area contributed by atoms with Gasteiger partial charge in [0.1, 0.15) is 0 Å². The van der Waals surface area contributed by atoms with Crippen molar-refractivity contribution in [1.82, 2.24) is 24.9 Å². The summed E-state index contributed by atoms with van der Waals surface area (Å²) >= 11 is 0. The summed E-state index contributed by atoms with van der Waals surface area (Å²) in [6.07, 6.45) is 6.18. The third-order valence-corrected chi connectivity index (χ3v) is 6.17. The van der Waals surface area contributed by atoms with Crippen LogP contribution in [0.5, 0.6) is 0 Å². The van der Waals surface area contributed by atoms with Crippen molar-refractivity contribution >= 4 is 22.7 Å². The zero-order chi connectivity index (χ0) is 24.3. The summed E-state index contributed by atoms with van der Waals surface area (Å²) < 4.78 is 38.9. The molecule has 4 rings (SSSR count). The van der Waals surface area contributed by atoms with Gasteiger partial charge >= 0.3 is 6.18 Å². The summed E-state index contributed by atoms with van der Waals surface area (Å²) in [4.78, 5) is 8.49. The molecule has 1 fully saturated rings. The van der Waals surface area contributed by atoms with E-state index < -0.39 is 12.6 Å². The molecule has 9 heteroatoms. The quantitative estimate of drug-likeness (QED) is 0.439. The molecule has 1 aliphatic rings. The van der Waals surface area contributed by atoms with Gasteiger partial charge in [-0.3, -0.25) is 0 Å². The van der Waals surface area contributed by atoms with Crippen LogP contribution < -0.4 is 10.6 Å². The van der Waals surface area contributed by atoms with Crippen LogP contribution in [-0.2, 0) is 0 Å². The van der Waals surface area contributed by atoms with E-state index in [1.807, 2.05) is 24.5 Å². The number of alkyl halides is 3. The topological polar surface area (TPSA) is 67.1 Å². The van der Waals surface area contributed by atoms with Crippen LogP contribution in [0.4, 0.5) is 19.1 Å². The summed E-state index contributed by atoms with van der Waals surface area (Å²) in [5, 5.41) is 10.6.